The second-order valence-corrected chi connectivity index (χ2v) is 9.33. The number of nitrogens with one attached hydrogen (secondary N) is 2. The van der Waals surface area contributed by atoms with E-state index in [2.05, 4.69) is 25.9 Å². The van der Waals surface area contributed by atoms with Gasteiger partial charge in [0.2, 0.25) is 11.7 Å². The molecular formula is C27H23FN6O5. The molecule has 2 amide bonds. The quantitative estimate of drug-likeness (QED) is 0.310. The molecule has 0 aliphatic heterocycles. The summed E-state index contributed by atoms with van der Waals surface area (Å²) in [5.41, 5.74) is 2.08. The SMILES string of the molecule is COc1cc(C(=O)NC2(C(=O)NCc3ccc(-n4c(-c5nc(C)no5)cc5cc(F)ccc54)cc3)CC2)on1. The number of fused-ring (bicyclic) bond motifs is 1. The van der Waals surface area contributed by atoms with Gasteiger partial charge in [0.25, 0.3) is 17.7 Å². The lowest BCUT2D eigenvalue weighted by Crippen LogP contribution is -2.48. The maximum Gasteiger partial charge on any atom is 0.290 e. The molecule has 1 aliphatic carbocycles. The van der Waals surface area contributed by atoms with Gasteiger partial charge in [-0.1, -0.05) is 17.3 Å². The highest BCUT2D eigenvalue weighted by Gasteiger charge is 2.51. The number of halogens is 1. The lowest BCUT2D eigenvalue weighted by Gasteiger charge is -2.16. The average molecular weight is 531 g/mol. The molecule has 5 aromatic rings. The Labute approximate surface area is 220 Å². The van der Waals surface area contributed by atoms with E-state index in [0.717, 1.165) is 16.8 Å². The molecule has 1 fully saturated rings. The predicted octanol–water partition coefficient (Wildman–Crippen LogP) is 3.70. The van der Waals surface area contributed by atoms with Gasteiger partial charge < -0.3 is 29.0 Å². The molecule has 11 nitrogen and oxygen atoms in total. The zero-order valence-corrected chi connectivity index (χ0v) is 21.0. The first kappa shape index (κ1) is 24.3. The number of carbonyl (C=O) groups excluding carboxylic acids is 2. The van der Waals surface area contributed by atoms with Gasteiger partial charge in [0.1, 0.15) is 17.1 Å². The normalized spacial score (nSPS) is 13.8. The minimum absolute atomic E-state index is 0.0307. The van der Waals surface area contributed by atoms with Gasteiger partial charge in [0, 0.05) is 17.6 Å². The van der Waals surface area contributed by atoms with Crippen molar-refractivity contribution in [1.82, 2.24) is 30.5 Å². The fourth-order valence-electron chi connectivity index (χ4n) is 4.41. The molecule has 6 rings (SSSR count). The second kappa shape index (κ2) is 9.39. The fraction of sp³-hybridized carbons (Fsp3) is 0.222. The largest absolute Gasteiger partial charge is 0.479 e. The zero-order chi connectivity index (χ0) is 27.1. The number of aromatic nitrogens is 4. The van der Waals surface area contributed by atoms with Crippen molar-refractivity contribution >= 4 is 22.7 Å². The van der Waals surface area contributed by atoms with E-state index in [4.69, 9.17) is 13.8 Å². The number of aryl methyl sites for hydroxylation is 1. The lowest BCUT2D eigenvalue weighted by molar-refractivity contribution is -0.124. The molecule has 3 aromatic heterocycles. The van der Waals surface area contributed by atoms with E-state index in [0.29, 0.717) is 35.6 Å². The molecule has 0 atom stereocenters. The van der Waals surface area contributed by atoms with Crippen LogP contribution in [0.4, 0.5) is 4.39 Å². The summed E-state index contributed by atoms with van der Waals surface area (Å²) in [6.07, 6.45) is 1.04. The number of hydrogen-bond acceptors (Lipinski definition) is 8. The third-order valence-corrected chi connectivity index (χ3v) is 6.62. The molecule has 2 aromatic carbocycles. The molecule has 39 heavy (non-hydrogen) atoms. The first-order valence-corrected chi connectivity index (χ1v) is 12.2. The number of amides is 2. The first-order valence-electron chi connectivity index (χ1n) is 12.2. The van der Waals surface area contributed by atoms with Crippen LogP contribution in [0.25, 0.3) is 28.2 Å². The summed E-state index contributed by atoms with van der Waals surface area (Å²) >= 11 is 0. The maximum absolute atomic E-state index is 13.9. The van der Waals surface area contributed by atoms with Crippen LogP contribution in [0.2, 0.25) is 0 Å². The molecule has 0 spiro atoms. The average Bonchev–Trinajstić information content (AvgIpc) is 3.25. The van der Waals surface area contributed by atoms with Crippen molar-refractivity contribution in [3.8, 4) is 23.2 Å². The number of hydrogen-bond donors (Lipinski definition) is 2. The van der Waals surface area contributed by atoms with Gasteiger partial charge in [-0.25, -0.2) is 4.39 Å². The van der Waals surface area contributed by atoms with Crippen molar-refractivity contribution in [2.24, 2.45) is 0 Å². The summed E-state index contributed by atoms with van der Waals surface area (Å²) in [7, 11) is 1.41. The number of ether oxygens (including phenoxy) is 1. The van der Waals surface area contributed by atoms with Crippen LogP contribution in [-0.2, 0) is 11.3 Å². The van der Waals surface area contributed by atoms with Crippen LogP contribution in [-0.4, -0.2) is 44.3 Å². The Morgan fingerprint density at radius 3 is 2.54 bits per heavy atom. The maximum atomic E-state index is 13.9. The zero-order valence-electron chi connectivity index (χ0n) is 21.0. The number of nitrogens with zero attached hydrogens (tertiary/aromatic N) is 4. The summed E-state index contributed by atoms with van der Waals surface area (Å²) in [5.74, 6) is -0.198. The molecular weight excluding hydrogens is 507 g/mol. The molecule has 0 radical (unpaired) electrons. The van der Waals surface area contributed by atoms with E-state index >= 15 is 0 Å². The van der Waals surface area contributed by atoms with Crippen LogP contribution in [0.15, 0.2) is 63.6 Å². The predicted molar refractivity (Wildman–Crippen MR) is 136 cm³/mol. The number of benzene rings is 2. The van der Waals surface area contributed by atoms with Crippen LogP contribution < -0.4 is 15.4 Å². The lowest BCUT2D eigenvalue weighted by atomic mass is 10.1. The van der Waals surface area contributed by atoms with Gasteiger partial charge in [-0.2, -0.15) is 4.98 Å². The highest BCUT2D eigenvalue weighted by atomic mass is 19.1. The van der Waals surface area contributed by atoms with E-state index in [1.165, 1.54) is 25.3 Å². The minimum Gasteiger partial charge on any atom is -0.479 e. The molecule has 0 saturated heterocycles. The van der Waals surface area contributed by atoms with Crippen molar-refractivity contribution in [3.63, 3.8) is 0 Å². The van der Waals surface area contributed by atoms with Crippen LogP contribution >= 0.6 is 0 Å². The highest BCUT2D eigenvalue weighted by Crippen LogP contribution is 2.36. The molecule has 2 N–H and O–H groups in total. The van der Waals surface area contributed by atoms with E-state index in [1.807, 2.05) is 28.8 Å². The van der Waals surface area contributed by atoms with Crippen molar-refractivity contribution in [2.45, 2.75) is 31.8 Å². The summed E-state index contributed by atoms with van der Waals surface area (Å²) < 4.78 is 31.1. The van der Waals surface area contributed by atoms with Gasteiger partial charge in [0.15, 0.2) is 5.82 Å². The van der Waals surface area contributed by atoms with E-state index in [-0.39, 0.29) is 29.9 Å². The Kier molecular flexibility index (Phi) is 5.86. The Hall–Kier alpha value is -5.00. The third-order valence-electron chi connectivity index (χ3n) is 6.62. The van der Waals surface area contributed by atoms with Gasteiger partial charge in [-0.15, -0.1) is 0 Å². The van der Waals surface area contributed by atoms with Crippen LogP contribution in [0.5, 0.6) is 5.88 Å². The fourth-order valence-corrected chi connectivity index (χ4v) is 4.41. The molecule has 0 unspecified atom stereocenters. The number of carbonyl (C=O) groups is 2. The Bertz CT molecular complexity index is 1700. The van der Waals surface area contributed by atoms with E-state index < -0.39 is 11.4 Å². The first-order chi connectivity index (χ1) is 18.8. The van der Waals surface area contributed by atoms with Crippen molar-refractivity contribution < 1.29 is 27.8 Å². The highest BCUT2D eigenvalue weighted by molar-refractivity contribution is 5.99. The molecule has 1 aliphatic rings. The number of rotatable bonds is 8. The van der Waals surface area contributed by atoms with E-state index in [1.54, 1.807) is 19.1 Å². The van der Waals surface area contributed by atoms with Crippen LogP contribution in [0.1, 0.15) is 34.8 Å². The minimum atomic E-state index is -0.979. The number of methoxy groups -OCH3 is 1. The molecule has 12 heteroatoms. The third kappa shape index (κ3) is 4.60. The van der Waals surface area contributed by atoms with Crippen LogP contribution in [0, 0.1) is 12.7 Å². The van der Waals surface area contributed by atoms with Crippen molar-refractivity contribution in [2.75, 3.05) is 7.11 Å². The molecule has 1 saturated carbocycles. The summed E-state index contributed by atoms with van der Waals surface area (Å²) in [4.78, 5) is 29.7. The van der Waals surface area contributed by atoms with Gasteiger partial charge in [-0.05, 0) is 66.9 Å². The summed E-state index contributed by atoms with van der Waals surface area (Å²) in [6, 6.07) is 15.3. The van der Waals surface area contributed by atoms with Gasteiger partial charge in [-0.3, -0.25) is 9.59 Å². The topological polar surface area (TPSA) is 137 Å². The van der Waals surface area contributed by atoms with E-state index in [9.17, 15) is 14.0 Å². The van der Waals surface area contributed by atoms with Crippen molar-refractivity contribution in [3.05, 3.63) is 77.6 Å². The molecule has 0 bridgehead atoms. The van der Waals surface area contributed by atoms with Crippen molar-refractivity contribution in [1.29, 1.82) is 0 Å². The Balaban J connectivity index is 1.18. The standard InChI is InChI=1S/C27H23FN6O5/c1-15-30-25(39-32-15)21-12-17-11-18(28)5-8-20(17)34(21)19-6-3-16(4-7-19)14-29-26(36)27(9-10-27)31-24(35)22-13-23(37-2)33-38-22/h3-8,11-13H,9-10,14H2,1-2H3,(H,29,36)(H,31,35). The second-order valence-electron chi connectivity index (χ2n) is 9.33. The monoisotopic (exact) mass is 530 g/mol. The molecule has 3 heterocycles. The summed E-state index contributed by atoms with van der Waals surface area (Å²) in [6.45, 7) is 1.99. The summed E-state index contributed by atoms with van der Waals surface area (Å²) in [5, 5.41) is 13.8. The van der Waals surface area contributed by atoms with Crippen LogP contribution in [0.3, 0.4) is 0 Å². The van der Waals surface area contributed by atoms with Gasteiger partial charge in [0.05, 0.1) is 18.7 Å². The van der Waals surface area contributed by atoms with Gasteiger partial charge >= 0.3 is 0 Å². The molecule has 198 valence electrons. The Morgan fingerprint density at radius 1 is 1.08 bits per heavy atom. The smallest absolute Gasteiger partial charge is 0.290 e. The Morgan fingerprint density at radius 2 is 1.87 bits per heavy atom.